The van der Waals surface area contributed by atoms with Gasteiger partial charge in [-0.2, -0.15) is 0 Å². The van der Waals surface area contributed by atoms with Gasteiger partial charge in [-0.1, -0.05) is 12.8 Å². The fourth-order valence-electron chi connectivity index (χ4n) is 2.63. The Kier molecular flexibility index (Phi) is 4.18. The fourth-order valence-corrected chi connectivity index (χ4v) is 2.63. The highest BCUT2D eigenvalue weighted by Crippen LogP contribution is 2.19. The maximum atomic E-state index is 12.5. The van der Waals surface area contributed by atoms with Crippen LogP contribution in [0.5, 0.6) is 0 Å². The van der Waals surface area contributed by atoms with Gasteiger partial charge >= 0.3 is 0 Å². The molecule has 0 aromatic carbocycles. The average molecular weight is 287 g/mol. The van der Waals surface area contributed by atoms with Gasteiger partial charge < -0.3 is 10.2 Å². The third-order valence-electron chi connectivity index (χ3n) is 4.05. The quantitative estimate of drug-likeness (QED) is 0.924. The number of hydrogen-bond acceptors (Lipinski definition) is 3. The summed E-state index contributed by atoms with van der Waals surface area (Å²) in [7, 11) is 0. The molecule has 1 aliphatic heterocycles. The van der Waals surface area contributed by atoms with Crippen molar-refractivity contribution in [3.05, 3.63) is 29.6 Å². The van der Waals surface area contributed by atoms with Gasteiger partial charge in [-0.25, -0.2) is 0 Å². The van der Waals surface area contributed by atoms with E-state index in [0.717, 1.165) is 38.8 Å². The van der Waals surface area contributed by atoms with Crippen LogP contribution in [0, 0.1) is 0 Å². The van der Waals surface area contributed by atoms with Crippen LogP contribution in [-0.2, 0) is 0 Å². The van der Waals surface area contributed by atoms with Crippen molar-refractivity contribution in [2.24, 2.45) is 0 Å². The van der Waals surface area contributed by atoms with Gasteiger partial charge in [-0.3, -0.25) is 14.6 Å². The molecule has 5 heteroatoms. The molecule has 0 spiro atoms. The summed E-state index contributed by atoms with van der Waals surface area (Å²) < 4.78 is 0. The summed E-state index contributed by atoms with van der Waals surface area (Å²) in [5, 5.41) is 2.90. The van der Waals surface area contributed by atoms with Crippen molar-refractivity contribution in [1.82, 2.24) is 15.2 Å². The lowest BCUT2D eigenvalue weighted by molar-refractivity contribution is 0.0761. The molecule has 2 amide bonds. The molecule has 1 saturated carbocycles. The van der Waals surface area contributed by atoms with E-state index >= 15 is 0 Å². The maximum Gasteiger partial charge on any atom is 0.270 e. The third kappa shape index (κ3) is 3.60. The average Bonchev–Trinajstić information content (AvgIpc) is 3.33. The summed E-state index contributed by atoms with van der Waals surface area (Å²) in [6, 6.07) is 3.61. The van der Waals surface area contributed by atoms with Crippen LogP contribution < -0.4 is 5.32 Å². The Morgan fingerprint density at radius 1 is 1.14 bits per heavy atom. The molecule has 1 saturated heterocycles. The van der Waals surface area contributed by atoms with E-state index in [1.165, 1.54) is 12.8 Å². The van der Waals surface area contributed by atoms with Crippen molar-refractivity contribution in [3.63, 3.8) is 0 Å². The number of rotatable bonds is 3. The van der Waals surface area contributed by atoms with Gasteiger partial charge in [0.2, 0.25) is 0 Å². The predicted molar refractivity (Wildman–Crippen MR) is 79.1 cm³/mol. The summed E-state index contributed by atoms with van der Waals surface area (Å²) in [5.41, 5.74) is 0.899. The van der Waals surface area contributed by atoms with Gasteiger partial charge in [0.1, 0.15) is 5.69 Å². The van der Waals surface area contributed by atoms with E-state index < -0.39 is 0 Å². The highest BCUT2D eigenvalue weighted by Gasteiger charge is 2.25. The molecule has 1 aromatic rings. The minimum Gasteiger partial charge on any atom is -0.348 e. The van der Waals surface area contributed by atoms with Crippen LogP contribution in [0.3, 0.4) is 0 Å². The summed E-state index contributed by atoms with van der Waals surface area (Å²) in [6.45, 7) is 1.62. The highest BCUT2D eigenvalue weighted by atomic mass is 16.2. The highest BCUT2D eigenvalue weighted by molar-refractivity contribution is 5.98. The number of carbonyl (C=O) groups excluding carboxylic acids is 2. The standard InChI is InChI=1S/C16H21N3O2/c20-15(18-13-5-6-13)14-11-12(7-8-17-14)16(21)19-9-3-1-2-4-10-19/h7-8,11,13H,1-6,9-10H2,(H,18,20). The van der Waals surface area contributed by atoms with E-state index in [4.69, 9.17) is 0 Å². The van der Waals surface area contributed by atoms with Crippen molar-refractivity contribution < 1.29 is 9.59 Å². The second-order valence-electron chi connectivity index (χ2n) is 5.88. The zero-order valence-electron chi connectivity index (χ0n) is 12.2. The van der Waals surface area contributed by atoms with Crippen molar-refractivity contribution in [1.29, 1.82) is 0 Å². The Hall–Kier alpha value is -1.91. The topological polar surface area (TPSA) is 62.3 Å². The fraction of sp³-hybridized carbons (Fsp3) is 0.562. The van der Waals surface area contributed by atoms with Gasteiger partial charge in [-0.05, 0) is 37.8 Å². The summed E-state index contributed by atoms with van der Waals surface area (Å²) in [6.07, 6.45) is 8.13. The van der Waals surface area contributed by atoms with Crippen molar-refractivity contribution in [2.75, 3.05) is 13.1 Å². The molecule has 112 valence electrons. The minimum absolute atomic E-state index is 0.0137. The van der Waals surface area contributed by atoms with E-state index in [0.29, 0.717) is 17.3 Å². The Labute approximate surface area is 124 Å². The molecule has 0 bridgehead atoms. The lowest BCUT2D eigenvalue weighted by Gasteiger charge is -2.20. The normalized spacial score (nSPS) is 19.0. The van der Waals surface area contributed by atoms with Gasteiger partial charge in [0, 0.05) is 30.9 Å². The van der Waals surface area contributed by atoms with Gasteiger partial charge in [0.25, 0.3) is 11.8 Å². The number of carbonyl (C=O) groups is 2. The van der Waals surface area contributed by atoms with Crippen LogP contribution in [-0.4, -0.2) is 40.8 Å². The van der Waals surface area contributed by atoms with E-state index in [1.54, 1.807) is 18.3 Å². The number of nitrogens with one attached hydrogen (secondary N) is 1. The van der Waals surface area contributed by atoms with Crippen molar-refractivity contribution >= 4 is 11.8 Å². The van der Waals surface area contributed by atoms with Crippen LogP contribution in [0.1, 0.15) is 59.4 Å². The Morgan fingerprint density at radius 3 is 2.52 bits per heavy atom. The second kappa shape index (κ2) is 6.24. The summed E-state index contributed by atoms with van der Waals surface area (Å²) in [4.78, 5) is 30.5. The van der Waals surface area contributed by atoms with Crippen LogP contribution in [0.2, 0.25) is 0 Å². The molecular formula is C16H21N3O2. The number of likely N-dealkylation sites (tertiary alicyclic amines) is 1. The Balaban J connectivity index is 1.71. The number of pyridine rings is 1. The zero-order valence-corrected chi connectivity index (χ0v) is 12.2. The lowest BCUT2D eigenvalue weighted by Crippen LogP contribution is -2.32. The van der Waals surface area contributed by atoms with Gasteiger partial charge in [0.05, 0.1) is 0 Å². The molecule has 1 aromatic heterocycles. The first-order valence-corrected chi connectivity index (χ1v) is 7.80. The van der Waals surface area contributed by atoms with E-state index in [9.17, 15) is 9.59 Å². The number of aromatic nitrogens is 1. The molecule has 5 nitrogen and oxygen atoms in total. The first-order valence-electron chi connectivity index (χ1n) is 7.80. The van der Waals surface area contributed by atoms with E-state index in [-0.39, 0.29) is 11.8 Å². The van der Waals surface area contributed by atoms with Crippen molar-refractivity contribution in [3.8, 4) is 0 Å². The monoisotopic (exact) mass is 287 g/mol. The van der Waals surface area contributed by atoms with E-state index in [1.807, 2.05) is 4.90 Å². The molecular weight excluding hydrogens is 266 g/mol. The molecule has 1 aliphatic carbocycles. The van der Waals surface area contributed by atoms with Crippen LogP contribution in [0.15, 0.2) is 18.3 Å². The number of amides is 2. The summed E-state index contributed by atoms with van der Waals surface area (Å²) in [5.74, 6) is -0.164. The first kappa shape index (κ1) is 14.0. The Bertz CT molecular complexity index is 532. The van der Waals surface area contributed by atoms with Crippen LogP contribution in [0.4, 0.5) is 0 Å². The molecule has 2 aliphatic rings. The number of nitrogens with zero attached hydrogens (tertiary/aromatic N) is 2. The maximum absolute atomic E-state index is 12.5. The first-order chi connectivity index (χ1) is 10.2. The molecule has 2 fully saturated rings. The van der Waals surface area contributed by atoms with Gasteiger partial charge in [-0.15, -0.1) is 0 Å². The second-order valence-corrected chi connectivity index (χ2v) is 5.88. The minimum atomic E-state index is -0.178. The lowest BCUT2D eigenvalue weighted by atomic mass is 10.2. The SMILES string of the molecule is O=C(NC1CC1)c1cc(C(=O)N2CCCCCC2)ccn1. The molecule has 0 atom stereocenters. The summed E-state index contributed by atoms with van der Waals surface area (Å²) >= 11 is 0. The van der Waals surface area contributed by atoms with Gasteiger partial charge in [0.15, 0.2) is 0 Å². The largest absolute Gasteiger partial charge is 0.348 e. The Morgan fingerprint density at radius 2 is 1.86 bits per heavy atom. The van der Waals surface area contributed by atoms with Crippen LogP contribution >= 0.6 is 0 Å². The molecule has 0 radical (unpaired) electrons. The molecule has 3 rings (SSSR count). The zero-order chi connectivity index (χ0) is 14.7. The van der Waals surface area contributed by atoms with Crippen LogP contribution in [0.25, 0.3) is 0 Å². The van der Waals surface area contributed by atoms with E-state index in [2.05, 4.69) is 10.3 Å². The molecule has 21 heavy (non-hydrogen) atoms. The third-order valence-corrected chi connectivity index (χ3v) is 4.05. The molecule has 1 N–H and O–H groups in total. The number of hydrogen-bond donors (Lipinski definition) is 1. The molecule has 0 unspecified atom stereocenters. The van der Waals surface area contributed by atoms with Crippen molar-refractivity contribution in [2.45, 2.75) is 44.6 Å². The smallest absolute Gasteiger partial charge is 0.270 e. The predicted octanol–water partition coefficient (Wildman–Crippen LogP) is 1.99. The molecule has 2 heterocycles.